The molecule has 0 aromatic heterocycles. The summed E-state index contributed by atoms with van der Waals surface area (Å²) in [5.41, 5.74) is 2.03. The molecule has 1 aliphatic heterocycles. The fourth-order valence-electron chi connectivity index (χ4n) is 3.01. The lowest BCUT2D eigenvalue weighted by molar-refractivity contribution is -0.0121. The highest BCUT2D eigenvalue weighted by Gasteiger charge is 2.33. The van der Waals surface area contributed by atoms with Gasteiger partial charge in [0.05, 0.1) is 21.3 Å². The molecule has 2 atom stereocenters. The Morgan fingerprint density at radius 1 is 0.875 bits per heavy atom. The second kappa shape index (κ2) is 7.01. The van der Waals surface area contributed by atoms with Crippen LogP contribution in [0.15, 0.2) is 36.4 Å². The van der Waals surface area contributed by atoms with Crippen LogP contribution in [0.2, 0.25) is 0 Å². The molecule has 0 N–H and O–H groups in total. The zero-order valence-corrected chi connectivity index (χ0v) is 14.4. The second-order valence-corrected chi connectivity index (χ2v) is 5.60. The highest BCUT2D eigenvalue weighted by atomic mass is 16.5. The Labute approximate surface area is 142 Å². The molecule has 0 bridgehead atoms. The van der Waals surface area contributed by atoms with Crippen molar-refractivity contribution in [3.8, 4) is 23.0 Å². The molecule has 3 rings (SSSR count). The molecule has 0 unspecified atom stereocenters. The molecule has 128 valence electrons. The molecule has 0 amide bonds. The molecule has 1 heterocycles. The smallest absolute Gasteiger partial charge is 0.150 e. The van der Waals surface area contributed by atoms with Crippen molar-refractivity contribution >= 4 is 0 Å². The largest absolute Gasteiger partial charge is 0.497 e. The molecular weight excluding hydrogens is 308 g/mol. The standard InChI is InChI=1S/C19H22O5/c1-20-13-7-5-12(6-8-13)19-18(23-4)11-15-16(22-3)9-14(21-2)10-17(15)24-19/h5-10,18-19H,11H2,1-4H3/t18-,19+/m0/s1. The maximum Gasteiger partial charge on any atom is 0.150 e. The van der Waals surface area contributed by atoms with Gasteiger partial charge in [-0.2, -0.15) is 0 Å². The maximum absolute atomic E-state index is 6.25. The first-order valence-electron chi connectivity index (χ1n) is 7.78. The number of ether oxygens (including phenoxy) is 5. The van der Waals surface area contributed by atoms with Gasteiger partial charge in [0.15, 0.2) is 6.10 Å². The van der Waals surface area contributed by atoms with Crippen LogP contribution in [0.4, 0.5) is 0 Å². The number of hydrogen-bond acceptors (Lipinski definition) is 5. The molecule has 0 aliphatic carbocycles. The number of methoxy groups -OCH3 is 4. The van der Waals surface area contributed by atoms with Crippen LogP contribution in [0.5, 0.6) is 23.0 Å². The topological polar surface area (TPSA) is 46.2 Å². The van der Waals surface area contributed by atoms with Gasteiger partial charge in [-0.25, -0.2) is 0 Å². The normalized spacial score (nSPS) is 19.2. The van der Waals surface area contributed by atoms with E-state index in [1.807, 2.05) is 36.4 Å². The van der Waals surface area contributed by atoms with Gasteiger partial charge in [-0.1, -0.05) is 12.1 Å². The molecule has 1 aliphatic rings. The average molecular weight is 330 g/mol. The van der Waals surface area contributed by atoms with E-state index < -0.39 is 0 Å². The number of fused-ring (bicyclic) bond motifs is 1. The lowest BCUT2D eigenvalue weighted by atomic mass is 9.94. The van der Waals surface area contributed by atoms with Gasteiger partial charge in [-0.3, -0.25) is 0 Å². The van der Waals surface area contributed by atoms with E-state index in [-0.39, 0.29) is 12.2 Å². The van der Waals surface area contributed by atoms with E-state index in [1.165, 1.54) is 0 Å². The van der Waals surface area contributed by atoms with Crippen molar-refractivity contribution < 1.29 is 23.7 Å². The van der Waals surface area contributed by atoms with Crippen molar-refractivity contribution in [2.24, 2.45) is 0 Å². The van der Waals surface area contributed by atoms with E-state index in [0.717, 1.165) is 28.4 Å². The first kappa shape index (κ1) is 16.5. The van der Waals surface area contributed by atoms with Crippen LogP contribution < -0.4 is 18.9 Å². The monoisotopic (exact) mass is 330 g/mol. The third-order valence-electron chi connectivity index (χ3n) is 4.34. The summed E-state index contributed by atoms with van der Waals surface area (Å²) in [4.78, 5) is 0. The Hall–Kier alpha value is -2.40. The quantitative estimate of drug-likeness (QED) is 0.841. The first-order chi connectivity index (χ1) is 11.7. The van der Waals surface area contributed by atoms with Crippen molar-refractivity contribution in [2.75, 3.05) is 28.4 Å². The molecule has 5 heteroatoms. The van der Waals surface area contributed by atoms with Crippen LogP contribution in [-0.2, 0) is 11.2 Å². The molecule has 5 nitrogen and oxygen atoms in total. The number of hydrogen-bond donors (Lipinski definition) is 0. The Morgan fingerprint density at radius 3 is 2.17 bits per heavy atom. The van der Waals surface area contributed by atoms with Gasteiger partial charge in [0.2, 0.25) is 0 Å². The predicted octanol–water partition coefficient (Wildman–Crippen LogP) is 3.40. The van der Waals surface area contributed by atoms with Gasteiger partial charge in [0.1, 0.15) is 29.1 Å². The van der Waals surface area contributed by atoms with Gasteiger partial charge in [0, 0.05) is 31.2 Å². The van der Waals surface area contributed by atoms with Crippen LogP contribution in [0, 0.1) is 0 Å². The maximum atomic E-state index is 6.25. The average Bonchev–Trinajstić information content (AvgIpc) is 2.65. The molecule has 2 aromatic carbocycles. The van der Waals surface area contributed by atoms with Crippen LogP contribution >= 0.6 is 0 Å². The molecule has 24 heavy (non-hydrogen) atoms. The van der Waals surface area contributed by atoms with Gasteiger partial charge in [-0.05, 0) is 17.7 Å². The minimum atomic E-state index is -0.204. The van der Waals surface area contributed by atoms with Gasteiger partial charge in [0.25, 0.3) is 0 Å². The number of benzene rings is 2. The van der Waals surface area contributed by atoms with Crippen LogP contribution in [0.25, 0.3) is 0 Å². The second-order valence-electron chi connectivity index (χ2n) is 5.60. The van der Waals surface area contributed by atoms with Gasteiger partial charge in [-0.15, -0.1) is 0 Å². The third-order valence-corrected chi connectivity index (χ3v) is 4.34. The molecular formula is C19H22O5. The van der Waals surface area contributed by atoms with Crippen LogP contribution in [0.1, 0.15) is 17.2 Å². The van der Waals surface area contributed by atoms with Crippen LogP contribution in [-0.4, -0.2) is 34.5 Å². The zero-order valence-electron chi connectivity index (χ0n) is 14.4. The molecule has 0 radical (unpaired) electrons. The predicted molar refractivity (Wildman–Crippen MR) is 90.4 cm³/mol. The molecule has 2 aromatic rings. The summed E-state index contributed by atoms with van der Waals surface area (Å²) in [5, 5.41) is 0. The Kier molecular flexibility index (Phi) is 4.81. The lowest BCUT2D eigenvalue weighted by Gasteiger charge is -2.34. The molecule has 0 saturated heterocycles. The SMILES string of the molecule is COc1ccc([C@H]2Oc3cc(OC)cc(OC)c3C[C@@H]2OC)cc1. The lowest BCUT2D eigenvalue weighted by Crippen LogP contribution is -2.32. The molecule has 0 saturated carbocycles. The van der Waals surface area contributed by atoms with E-state index in [0.29, 0.717) is 12.2 Å². The van der Waals surface area contributed by atoms with Gasteiger partial charge >= 0.3 is 0 Å². The Bertz CT molecular complexity index is 696. The minimum Gasteiger partial charge on any atom is -0.497 e. The summed E-state index contributed by atoms with van der Waals surface area (Å²) < 4.78 is 28.0. The summed E-state index contributed by atoms with van der Waals surface area (Å²) in [6, 6.07) is 11.6. The van der Waals surface area contributed by atoms with E-state index >= 15 is 0 Å². The fourth-order valence-corrected chi connectivity index (χ4v) is 3.01. The molecule has 0 fully saturated rings. The Balaban J connectivity index is 1.98. The fraction of sp³-hybridized carbons (Fsp3) is 0.368. The van der Waals surface area contributed by atoms with Crippen molar-refractivity contribution in [3.05, 3.63) is 47.5 Å². The summed E-state index contributed by atoms with van der Waals surface area (Å²) in [7, 11) is 6.62. The first-order valence-corrected chi connectivity index (χ1v) is 7.78. The van der Waals surface area contributed by atoms with Crippen molar-refractivity contribution in [2.45, 2.75) is 18.6 Å². The Morgan fingerprint density at radius 2 is 1.58 bits per heavy atom. The molecule has 0 spiro atoms. The van der Waals surface area contributed by atoms with Crippen molar-refractivity contribution in [1.29, 1.82) is 0 Å². The van der Waals surface area contributed by atoms with Gasteiger partial charge < -0.3 is 23.7 Å². The highest BCUT2D eigenvalue weighted by molar-refractivity contribution is 5.52. The van der Waals surface area contributed by atoms with Crippen molar-refractivity contribution in [1.82, 2.24) is 0 Å². The van der Waals surface area contributed by atoms with Crippen molar-refractivity contribution in [3.63, 3.8) is 0 Å². The van der Waals surface area contributed by atoms with E-state index in [9.17, 15) is 0 Å². The van der Waals surface area contributed by atoms with E-state index in [2.05, 4.69) is 0 Å². The third kappa shape index (κ3) is 2.99. The van der Waals surface area contributed by atoms with E-state index in [1.54, 1.807) is 28.4 Å². The summed E-state index contributed by atoms with van der Waals surface area (Å²) in [5.74, 6) is 3.03. The van der Waals surface area contributed by atoms with E-state index in [4.69, 9.17) is 23.7 Å². The summed E-state index contributed by atoms with van der Waals surface area (Å²) >= 11 is 0. The van der Waals surface area contributed by atoms with Crippen LogP contribution in [0.3, 0.4) is 0 Å². The summed E-state index contributed by atoms with van der Waals surface area (Å²) in [6.07, 6.45) is 0.397. The summed E-state index contributed by atoms with van der Waals surface area (Å²) in [6.45, 7) is 0. The zero-order chi connectivity index (χ0) is 17.1. The highest BCUT2D eigenvalue weighted by Crippen LogP contribution is 2.43. The minimum absolute atomic E-state index is 0.104. The number of rotatable bonds is 5.